The Kier molecular flexibility index (Phi) is 54.0. The predicted octanol–water partition coefficient (Wildman–Crippen LogP) is 19.2. The van der Waals surface area contributed by atoms with Crippen LogP contribution >= 0.6 is 0 Å². The van der Waals surface area contributed by atoms with Crippen molar-refractivity contribution in [2.24, 2.45) is 0 Å². The third kappa shape index (κ3) is 56.1. The minimum atomic E-state index is -0.852. The van der Waals surface area contributed by atoms with Crippen molar-refractivity contribution < 1.29 is 28.6 Å². The fourth-order valence-corrected chi connectivity index (χ4v) is 7.08. The van der Waals surface area contributed by atoms with Crippen molar-refractivity contribution in [2.75, 3.05) is 13.2 Å². The summed E-state index contributed by atoms with van der Waals surface area (Å²) in [5.74, 6) is -1.11. The van der Waals surface area contributed by atoms with Gasteiger partial charge in [0, 0.05) is 19.3 Å². The largest absolute Gasteiger partial charge is 0.462 e. The summed E-state index contributed by atoms with van der Waals surface area (Å²) in [6, 6.07) is 0. The zero-order chi connectivity index (χ0) is 51.4. The topological polar surface area (TPSA) is 78.9 Å². The molecule has 1 atom stereocenters. The zero-order valence-electron chi connectivity index (χ0n) is 45.4. The van der Waals surface area contributed by atoms with E-state index in [1.165, 1.54) is 70.6 Å². The van der Waals surface area contributed by atoms with Crippen molar-refractivity contribution in [3.05, 3.63) is 146 Å². The van der Waals surface area contributed by atoms with Gasteiger partial charge in [-0.3, -0.25) is 14.4 Å². The third-order valence-corrected chi connectivity index (χ3v) is 11.3. The quantitative estimate of drug-likeness (QED) is 0.0262. The lowest BCUT2D eigenvalue weighted by Crippen LogP contribution is -2.30. The lowest BCUT2D eigenvalue weighted by atomic mass is 10.1. The minimum Gasteiger partial charge on any atom is -0.462 e. The van der Waals surface area contributed by atoms with Crippen LogP contribution < -0.4 is 0 Å². The van der Waals surface area contributed by atoms with Crippen LogP contribution in [0.5, 0.6) is 0 Å². The highest BCUT2D eigenvalue weighted by atomic mass is 16.6. The maximum absolute atomic E-state index is 12.8. The molecule has 0 aliphatic carbocycles. The molecule has 0 radical (unpaired) electrons. The van der Waals surface area contributed by atoms with Gasteiger partial charge in [0.15, 0.2) is 6.10 Å². The fourth-order valence-electron chi connectivity index (χ4n) is 7.08. The summed E-state index contributed by atoms with van der Waals surface area (Å²) in [7, 11) is 0. The number of rotatable bonds is 49. The van der Waals surface area contributed by atoms with Crippen molar-refractivity contribution in [1.29, 1.82) is 0 Å². The van der Waals surface area contributed by atoms with Gasteiger partial charge >= 0.3 is 17.9 Å². The van der Waals surface area contributed by atoms with Crippen LogP contribution in [0.3, 0.4) is 0 Å². The third-order valence-electron chi connectivity index (χ3n) is 11.3. The molecule has 0 aromatic carbocycles. The van der Waals surface area contributed by atoms with Crippen LogP contribution in [0.25, 0.3) is 0 Å². The number of unbranched alkanes of at least 4 members (excludes halogenated alkanes) is 14. The first-order chi connectivity index (χ1) is 35.0. The van der Waals surface area contributed by atoms with E-state index in [0.29, 0.717) is 19.3 Å². The van der Waals surface area contributed by atoms with Crippen LogP contribution in [-0.2, 0) is 28.6 Å². The van der Waals surface area contributed by atoms with Crippen LogP contribution in [0.2, 0.25) is 0 Å². The molecule has 0 saturated carbocycles. The van der Waals surface area contributed by atoms with Gasteiger partial charge in [0.2, 0.25) is 0 Å². The maximum atomic E-state index is 12.8. The van der Waals surface area contributed by atoms with Crippen LogP contribution in [0.4, 0.5) is 0 Å². The Bertz CT molecular complexity index is 1590. The highest BCUT2D eigenvalue weighted by molar-refractivity contribution is 5.71. The van der Waals surface area contributed by atoms with Crippen LogP contribution in [-0.4, -0.2) is 37.2 Å². The normalized spacial score (nSPS) is 13.2. The summed E-state index contributed by atoms with van der Waals surface area (Å²) in [6.45, 7) is 6.35. The molecule has 0 aromatic rings. The minimum absolute atomic E-state index is 0.140. The molecule has 398 valence electrons. The fraction of sp³-hybridized carbons (Fsp3) is 0.585. The summed E-state index contributed by atoms with van der Waals surface area (Å²) in [5, 5.41) is 0. The number of allylic oxidation sites excluding steroid dienone is 24. The number of carbonyl (C=O) groups excluding carboxylic acids is 3. The van der Waals surface area contributed by atoms with E-state index in [1.54, 1.807) is 0 Å². The lowest BCUT2D eigenvalue weighted by Gasteiger charge is -2.18. The van der Waals surface area contributed by atoms with Gasteiger partial charge < -0.3 is 14.2 Å². The smallest absolute Gasteiger partial charge is 0.306 e. The Morgan fingerprint density at radius 1 is 0.296 bits per heavy atom. The van der Waals surface area contributed by atoms with Crippen molar-refractivity contribution in [3.63, 3.8) is 0 Å². The monoisotopic (exact) mass is 979 g/mol. The van der Waals surface area contributed by atoms with Gasteiger partial charge in [-0.05, 0) is 128 Å². The Balaban J connectivity index is 4.65. The molecule has 0 saturated heterocycles. The first-order valence-electron chi connectivity index (χ1n) is 28.3. The molecule has 0 unspecified atom stereocenters. The van der Waals surface area contributed by atoms with Gasteiger partial charge in [0.25, 0.3) is 0 Å². The summed E-state index contributed by atoms with van der Waals surface area (Å²) in [4.78, 5) is 38.1. The van der Waals surface area contributed by atoms with Crippen LogP contribution in [0, 0.1) is 0 Å². The van der Waals surface area contributed by atoms with E-state index in [1.807, 2.05) is 12.2 Å². The summed E-state index contributed by atoms with van der Waals surface area (Å²) < 4.78 is 16.7. The average Bonchev–Trinajstić information content (AvgIpc) is 3.37. The molecule has 0 amide bonds. The van der Waals surface area contributed by atoms with Crippen molar-refractivity contribution in [1.82, 2.24) is 0 Å². The van der Waals surface area contributed by atoms with Crippen LogP contribution in [0.1, 0.15) is 226 Å². The van der Waals surface area contributed by atoms with E-state index in [4.69, 9.17) is 14.2 Å². The van der Waals surface area contributed by atoms with E-state index in [9.17, 15) is 14.4 Å². The Morgan fingerprint density at radius 3 is 1.01 bits per heavy atom. The molecule has 0 fully saturated rings. The Hall–Kier alpha value is -4.71. The van der Waals surface area contributed by atoms with Crippen molar-refractivity contribution in [3.8, 4) is 0 Å². The molecule has 0 heterocycles. The lowest BCUT2D eigenvalue weighted by molar-refractivity contribution is -0.166. The van der Waals surface area contributed by atoms with Gasteiger partial charge in [-0.15, -0.1) is 0 Å². The van der Waals surface area contributed by atoms with E-state index < -0.39 is 12.1 Å². The SMILES string of the molecule is CC/C=C\C/C=C\C/C=C\C/C=C\CCCCCCC(=O)OC[C@H](COC(=O)CC/C=C\C/C=C\C/C=C\C/C=C\C/C=C\CCCCC)OC(=O)CCC/C=C\C/C=C\C/C=C\CCCCCCCC. The first kappa shape index (κ1) is 66.3. The van der Waals surface area contributed by atoms with Gasteiger partial charge in [-0.2, -0.15) is 0 Å². The second-order valence-electron chi connectivity index (χ2n) is 18.1. The molecule has 0 spiro atoms. The van der Waals surface area contributed by atoms with E-state index >= 15 is 0 Å². The molecule has 71 heavy (non-hydrogen) atoms. The number of hydrogen-bond acceptors (Lipinski definition) is 6. The number of carbonyl (C=O) groups is 3. The highest BCUT2D eigenvalue weighted by Gasteiger charge is 2.19. The number of esters is 3. The Labute approximate surface area is 436 Å². The van der Waals surface area contributed by atoms with E-state index in [-0.39, 0.29) is 38.0 Å². The molecule has 0 aliphatic rings. The average molecular weight is 980 g/mol. The Morgan fingerprint density at radius 2 is 0.592 bits per heavy atom. The molecule has 6 nitrogen and oxygen atoms in total. The molecular formula is C65H102O6. The van der Waals surface area contributed by atoms with Gasteiger partial charge in [0.1, 0.15) is 13.2 Å². The van der Waals surface area contributed by atoms with Gasteiger partial charge in [0.05, 0.1) is 0 Å². The summed E-state index contributed by atoms with van der Waals surface area (Å²) >= 11 is 0. The second-order valence-corrected chi connectivity index (χ2v) is 18.1. The van der Waals surface area contributed by atoms with Crippen molar-refractivity contribution in [2.45, 2.75) is 232 Å². The molecule has 0 rings (SSSR count). The molecule has 0 aromatic heterocycles. The summed E-state index contributed by atoms with van der Waals surface area (Å²) in [5.41, 5.74) is 0. The van der Waals surface area contributed by atoms with Crippen molar-refractivity contribution >= 4 is 17.9 Å². The molecular weight excluding hydrogens is 877 g/mol. The standard InChI is InChI=1S/C65H102O6/c1-4-7-10-13-16-19-22-25-28-31-32-35-37-40-43-46-49-52-55-58-64(67)70-61-62(71-65(68)59-56-53-50-47-44-41-38-34-30-27-24-21-18-15-12-9-6-3)60-69-63(66)57-54-51-48-45-42-39-36-33-29-26-23-20-17-14-11-8-5-2/h8,11,16-17,19-20,25-30,32,35-36,38-41,43,47,49-50,52,62H,4-7,9-10,12-15,18,21-24,31,33-34,37,42,44-46,48,51,53-61H2,1-3H3/b11-8-,19-16-,20-17-,28-25-,29-26-,30-27-,35-32-,39-36-,41-38-,43-40-,50-47-,52-49-/t62-/m1/s1. The number of hydrogen-bond donors (Lipinski definition) is 0. The maximum Gasteiger partial charge on any atom is 0.306 e. The van der Waals surface area contributed by atoms with E-state index in [0.717, 1.165) is 103 Å². The molecule has 0 bridgehead atoms. The zero-order valence-corrected chi connectivity index (χ0v) is 45.4. The summed E-state index contributed by atoms with van der Waals surface area (Å²) in [6.07, 6.45) is 82.8. The second kappa shape index (κ2) is 57.9. The molecule has 0 aliphatic heterocycles. The van der Waals surface area contributed by atoms with Gasteiger partial charge in [-0.25, -0.2) is 0 Å². The first-order valence-corrected chi connectivity index (χ1v) is 28.3. The van der Waals surface area contributed by atoms with Gasteiger partial charge in [-0.1, -0.05) is 224 Å². The predicted molar refractivity (Wildman–Crippen MR) is 306 cm³/mol. The van der Waals surface area contributed by atoms with Crippen LogP contribution in [0.15, 0.2) is 146 Å². The number of ether oxygens (including phenoxy) is 3. The highest BCUT2D eigenvalue weighted by Crippen LogP contribution is 2.11. The van der Waals surface area contributed by atoms with E-state index in [2.05, 4.69) is 154 Å². The molecule has 0 N–H and O–H groups in total. The molecule has 6 heteroatoms.